The molecule has 1 aliphatic rings. The van der Waals surface area contributed by atoms with E-state index in [2.05, 4.69) is 15.5 Å². The first-order valence-electron chi connectivity index (χ1n) is 12.9. The fourth-order valence-electron chi connectivity index (χ4n) is 3.96. The summed E-state index contributed by atoms with van der Waals surface area (Å²) >= 11 is 1.10. The number of nitrogens with two attached hydrogens (primary N) is 1. The summed E-state index contributed by atoms with van der Waals surface area (Å²) in [6, 6.07) is 22.4. The number of carbonyl (C=O) groups is 2. The largest absolute Gasteiger partial charge is 0.507 e. The number of benzene rings is 3. The van der Waals surface area contributed by atoms with Crippen LogP contribution >= 0.6 is 11.8 Å². The number of nitrogens with zero attached hydrogens (tertiary/aromatic N) is 3. The molecule has 4 N–H and O–H groups in total. The van der Waals surface area contributed by atoms with E-state index in [0.29, 0.717) is 38.4 Å². The average Bonchev–Trinajstić information content (AvgIpc) is 3.62. The standard InChI is InChI=1S/C30H25N5O7S2/c31-44(39,40)24-13-11-22(12-14-24)33-28(37)19-42-26-10-4-2-6-20(26)16-27-29(38)35(18-23-8-5-15-41-23)30(43-27)34-32-17-21-7-1-3-9-25(21)36/h1-17,36H,18-19H2,(H,33,37)(H2,31,39,40)/b27-16-,32-17-,34-30+. The molecule has 1 fully saturated rings. The van der Waals surface area contributed by atoms with Crippen LogP contribution in [0.5, 0.6) is 11.5 Å². The third kappa shape index (κ3) is 7.60. The van der Waals surface area contributed by atoms with Crippen LogP contribution in [0.4, 0.5) is 5.69 Å². The van der Waals surface area contributed by atoms with Crippen molar-refractivity contribution in [2.75, 3.05) is 11.9 Å². The molecule has 2 heterocycles. The summed E-state index contributed by atoms with van der Waals surface area (Å²) in [7, 11) is -3.85. The Kier molecular flexibility index (Phi) is 9.23. The minimum absolute atomic E-state index is 0.0462. The average molecular weight is 632 g/mol. The second-order valence-electron chi connectivity index (χ2n) is 9.21. The van der Waals surface area contributed by atoms with Gasteiger partial charge in [0.05, 0.1) is 28.8 Å². The highest BCUT2D eigenvalue weighted by atomic mass is 32.2. The summed E-state index contributed by atoms with van der Waals surface area (Å²) in [6.45, 7) is -0.228. The zero-order chi connectivity index (χ0) is 31.1. The zero-order valence-corrected chi connectivity index (χ0v) is 24.5. The van der Waals surface area contributed by atoms with Crippen molar-refractivity contribution >= 4 is 56.7 Å². The van der Waals surface area contributed by atoms with Gasteiger partial charge in [0.15, 0.2) is 11.8 Å². The molecule has 0 bridgehead atoms. The number of nitrogens with one attached hydrogen (secondary N) is 1. The van der Waals surface area contributed by atoms with Gasteiger partial charge < -0.3 is 19.6 Å². The Bertz CT molecular complexity index is 1870. The van der Waals surface area contributed by atoms with Crippen molar-refractivity contribution in [3.63, 3.8) is 0 Å². The Morgan fingerprint density at radius 3 is 2.45 bits per heavy atom. The lowest BCUT2D eigenvalue weighted by Gasteiger charge is -2.12. The predicted octanol–water partition coefficient (Wildman–Crippen LogP) is 4.16. The van der Waals surface area contributed by atoms with E-state index in [4.69, 9.17) is 14.3 Å². The van der Waals surface area contributed by atoms with Crippen LogP contribution in [-0.2, 0) is 26.2 Å². The second kappa shape index (κ2) is 13.4. The van der Waals surface area contributed by atoms with Gasteiger partial charge in [-0.3, -0.25) is 14.5 Å². The molecule has 0 spiro atoms. The maximum atomic E-state index is 13.5. The summed E-state index contributed by atoms with van der Waals surface area (Å²) in [6.07, 6.45) is 4.54. The molecule has 3 aromatic carbocycles. The number of primary sulfonamides is 1. The number of anilines is 1. The van der Waals surface area contributed by atoms with Crippen molar-refractivity contribution in [2.45, 2.75) is 11.4 Å². The number of thioether (sulfide) groups is 1. The summed E-state index contributed by atoms with van der Waals surface area (Å²) < 4.78 is 34.1. The molecule has 14 heteroatoms. The van der Waals surface area contributed by atoms with Crippen LogP contribution in [0, 0.1) is 0 Å². The number of aromatic hydroxyl groups is 1. The Balaban J connectivity index is 1.32. The number of sulfonamides is 1. The van der Waals surface area contributed by atoms with Gasteiger partial charge in [0, 0.05) is 16.8 Å². The number of hydrogen-bond acceptors (Lipinski definition) is 10. The van der Waals surface area contributed by atoms with Crippen LogP contribution < -0.4 is 15.2 Å². The van der Waals surface area contributed by atoms with Gasteiger partial charge in [0.2, 0.25) is 10.0 Å². The molecular formula is C30H25N5O7S2. The van der Waals surface area contributed by atoms with E-state index in [1.165, 1.54) is 47.7 Å². The summed E-state index contributed by atoms with van der Waals surface area (Å²) in [5, 5.41) is 26.3. The van der Waals surface area contributed by atoms with Gasteiger partial charge in [-0.05, 0) is 72.4 Å². The van der Waals surface area contributed by atoms with E-state index >= 15 is 0 Å². The minimum Gasteiger partial charge on any atom is -0.507 e. The minimum atomic E-state index is -3.85. The topological polar surface area (TPSA) is 177 Å². The number of rotatable bonds is 10. The third-order valence-electron chi connectivity index (χ3n) is 6.09. The molecule has 5 rings (SSSR count). The smallest absolute Gasteiger partial charge is 0.267 e. The van der Waals surface area contributed by atoms with E-state index in [1.54, 1.807) is 60.7 Å². The number of carbonyl (C=O) groups excluding carboxylic acids is 2. The summed E-state index contributed by atoms with van der Waals surface area (Å²) in [5.74, 6) is 0.132. The van der Waals surface area contributed by atoms with E-state index < -0.39 is 15.9 Å². The number of para-hydroxylation sites is 2. The molecule has 0 aliphatic carbocycles. The number of amides is 2. The molecule has 2 amide bonds. The van der Waals surface area contributed by atoms with E-state index in [9.17, 15) is 23.1 Å². The molecule has 1 aliphatic heterocycles. The van der Waals surface area contributed by atoms with Gasteiger partial charge in [-0.25, -0.2) is 13.6 Å². The van der Waals surface area contributed by atoms with Crippen molar-refractivity contribution in [1.29, 1.82) is 0 Å². The van der Waals surface area contributed by atoms with Crippen molar-refractivity contribution in [3.8, 4) is 11.5 Å². The second-order valence-corrected chi connectivity index (χ2v) is 11.8. The van der Waals surface area contributed by atoms with Gasteiger partial charge in [0.1, 0.15) is 17.3 Å². The third-order valence-corrected chi connectivity index (χ3v) is 8.02. The summed E-state index contributed by atoms with van der Waals surface area (Å²) in [5.41, 5.74) is 1.38. The van der Waals surface area contributed by atoms with Crippen molar-refractivity contribution < 1.29 is 32.3 Å². The molecule has 0 unspecified atom stereocenters. The SMILES string of the molecule is NS(=O)(=O)c1ccc(NC(=O)COc2ccccc2/C=C2\S/C(=N/N=C\c3ccccc3O)N(Cc3ccco3)C2=O)cc1. The fourth-order valence-corrected chi connectivity index (χ4v) is 5.40. The maximum Gasteiger partial charge on any atom is 0.267 e. The highest BCUT2D eigenvalue weighted by Crippen LogP contribution is 2.35. The van der Waals surface area contributed by atoms with Crippen LogP contribution in [0.15, 0.2) is 116 Å². The highest BCUT2D eigenvalue weighted by Gasteiger charge is 2.34. The van der Waals surface area contributed by atoms with Gasteiger partial charge in [-0.2, -0.15) is 5.10 Å². The molecule has 1 saturated heterocycles. The predicted molar refractivity (Wildman–Crippen MR) is 166 cm³/mol. The first kappa shape index (κ1) is 30.3. The Morgan fingerprint density at radius 1 is 1.02 bits per heavy atom. The van der Waals surface area contributed by atoms with Crippen LogP contribution in [-0.4, -0.2) is 48.2 Å². The number of phenolic OH excluding ortho intramolecular Hbond substituents is 1. The lowest BCUT2D eigenvalue weighted by Crippen LogP contribution is -2.28. The number of phenols is 1. The van der Waals surface area contributed by atoms with Gasteiger partial charge in [0.25, 0.3) is 11.8 Å². The molecule has 0 radical (unpaired) electrons. The Hall–Kier alpha value is -5.18. The van der Waals surface area contributed by atoms with Crippen molar-refractivity contribution in [3.05, 3.63) is 113 Å². The monoisotopic (exact) mass is 631 g/mol. The van der Waals surface area contributed by atoms with Crippen LogP contribution in [0.1, 0.15) is 16.9 Å². The molecule has 4 aromatic rings. The van der Waals surface area contributed by atoms with Gasteiger partial charge >= 0.3 is 0 Å². The normalized spacial score (nSPS) is 15.4. The van der Waals surface area contributed by atoms with Crippen LogP contribution in [0.25, 0.3) is 6.08 Å². The molecule has 224 valence electrons. The zero-order valence-electron chi connectivity index (χ0n) is 22.9. The molecule has 0 saturated carbocycles. The fraction of sp³-hybridized carbons (Fsp3) is 0.0667. The van der Waals surface area contributed by atoms with E-state index in [1.807, 2.05) is 0 Å². The first-order chi connectivity index (χ1) is 21.2. The van der Waals surface area contributed by atoms with Crippen molar-refractivity contribution in [2.24, 2.45) is 15.3 Å². The summed E-state index contributed by atoms with van der Waals surface area (Å²) in [4.78, 5) is 27.7. The quantitative estimate of drug-likeness (QED) is 0.133. The highest BCUT2D eigenvalue weighted by molar-refractivity contribution is 8.18. The Labute approximate surface area is 256 Å². The number of ether oxygens (including phenoxy) is 1. The first-order valence-corrected chi connectivity index (χ1v) is 15.3. The van der Waals surface area contributed by atoms with E-state index in [0.717, 1.165) is 11.8 Å². The van der Waals surface area contributed by atoms with Gasteiger partial charge in [-0.1, -0.05) is 30.3 Å². The molecular weight excluding hydrogens is 606 g/mol. The molecule has 44 heavy (non-hydrogen) atoms. The Morgan fingerprint density at radius 2 is 1.75 bits per heavy atom. The van der Waals surface area contributed by atoms with E-state index in [-0.39, 0.29) is 29.7 Å². The number of hydrogen-bond donors (Lipinski definition) is 3. The maximum absolute atomic E-state index is 13.5. The molecule has 0 atom stereocenters. The lowest BCUT2D eigenvalue weighted by molar-refractivity contribution is -0.122. The van der Waals surface area contributed by atoms with Gasteiger partial charge in [-0.15, -0.1) is 5.10 Å². The lowest BCUT2D eigenvalue weighted by atomic mass is 10.2. The van der Waals surface area contributed by atoms with Crippen LogP contribution in [0.3, 0.4) is 0 Å². The molecule has 12 nitrogen and oxygen atoms in total. The van der Waals surface area contributed by atoms with Crippen LogP contribution in [0.2, 0.25) is 0 Å². The number of furan rings is 1. The number of amidine groups is 1. The van der Waals surface area contributed by atoms with Crippen molar-refractivity contribution in [1.82, 2.24) is 4.90 Å². The molecule has 1 aromatic heterocycles.